The van der Waals surface area contributed by atoms with Gasteiger partial charge in [-0.2, -0.15) is 0 Å². The van der Waals surface area contributed by atoms with Gasteiger partial charge in [-0.1, -0.05) is 76.1 Å². The molecule has 1 aromatic carbocycles. The lowest BCUT2D eigenvalue weighted by molar-refractivity contribution is -0.137. The minimum absolute atomic E-state index is 0.0930. The van der Waals surface area contributed by atoms with Gasteiger partial charge in [0.15, 0.2) is 0 Å². The summed E-state index contributed by atoms with van der Waals surface area (Å²) < 4.78 is 0. The van der Waals surface area contributed by atoms with E-state index < -0.39 is 12.1 Å². The van der Waals surface area contributed by atoms with Gasteiger partial charge in [0, 0.05) is 6.42 Å². The van der Waals surface area contributed by atoms with E-state index in [0.29, 0.717) is 12.8 Å². The number of rotatable bonds is 17. The van der Waals surface area contributed by atoms with Gasteiger partial charge in [-0.25, -0.2) is 0 Å². The van der Waals surface area contributed by atoms with E-state index in [1.807, 2.05) is 24.3 Å². The normalized spacial score (nSPS) is 13.4. The minimum Gasteiger partial charge on any atom is -0.481 e. The molecule has 0 aromatic heterocycles. The number of carboxylic acids is 1. The molecule has 0 aliphatic rings. The fourth-order valence-corrected chi connectivity index (χ4v) is 3.69. The van der Waals surface area contributed by atoms with Gasteiger partial charge in [0.05, 0.1) is 12.2 Å². The van der Waals surface area contributed by atoms with E-state index >= 15 is 0 Å². The Hall–Kier alpha value is -1.39. The molecule has 0 fully saturated rings. The predicted octanol–water partition coefficient (Wildman–Crippen LogP) is 5.80. The number of aliphatic hydroxyl groups excluding tert-OH is 2. The number of benzene rings is 1. The summed E-state index contributed by atoms with van der Waals surface area (Å²) in [7, 11) is 0. The second-order valence-electron chi connectivity index (χ2n) is 7.96. The molecule has 0 heterocycles. The summed E-state index contributed by atoms with van der Waals surface area (Å²) >= 11 is 0. The van der Waals surface area contributed by atoms with Crippen molar-refractivity contribution in [1.82, 2.24) is 0 Å². The summed E-state index contributed by atoms with van der Waals surface area (Å²) in [4.78, 5) is 10.6. The highest BCUT2D eigenvalue weighted by Crippen LogP contribution is 2.24. The Balaban J connectivity index is 2.25. The van der Waals surface area contributed by atoms with Crippen molar-refractivity contribution in [3.05, 3.63) is 35.4 Å². The van der Waals surface area contributed by atoms with Gasteiger partial charge in [0.2, 0.25) is 0 Å². The highest BCUT2D eigenvalue weighted by Gasteiger charge is 2.13. The average molecular weight is 393 g/mol. The molecule has 0 radical (unpaired) electrons. The zero-order valence-electron chi connectivity index (χ0n) is 17.6. The van der Waals surface area contributed by atoms with Crippen molar-refractivity contribution in [1.29, 1.82) is 0 Å². The van der Waals surface area contributed by atoms with Crippen molar-refractivity contribution in [2.45, 2.75) is 109 Å². The topological polar surface area (TPSA) is 77.8 Å². The predicted molar refractivity (Wildman–Crippen MR) is 114 cm³/mol. The Bertz CT molecular complexity index is 529. The van der Waals surface area contributed by atoms with Crippen LogP contribution in [0.3, 0.4) is 0 Å². The minimum atomic E-state index is -0.819. The summed E-state index contributed by atoms with van der Waals surface area (Å²) in [5.74, 6) is -0.819. The molecular formula is C24H40O4. The Morgan fingerprint density at radius 2 is 1.50 bits per heavy atom. The lowest BCUT2D eigenvalue weighted by Gasteiger charge is -2.16. The smallest absolute Gasteiger partial charge is 0.303 e. The molecule has 1 aromatic rings. The monoisotopic (exact) mass is 392 g/mol. The van der Waals surface area contributed by atoms with E-state index in [-0.39, 0.29) is 12.5 Å². The summed E-state index contributed by atoms with van der Waals surface area (Å²) in [6, 6.07) is 7.89. The van der Waals surface area contributed by atoms with Crippen LogP contribution in [0, 0.1) is 0 Å². The largest absolute Gasteiger partial charge is 0.481 e. The van der Waals surface area contributed by atoms with Crippen molar-refractivity contribution in [3.63, 3.8) is 0 Å². The van der Waals surface area contributed by atoms with E-state index in [0.717, 1.165) is 49.7 Å². The molecule has 0 spiro atoms. The summed E-state index contributed by atoms with van der Waals surface area (Å²) in [5, 5.41) is 29.3. The zero-order chi connectivity index (χ0) is 20.6. The fourth-order valence-electron chi connectivity index (χ4n) is 3.69. The summed E-state index contributed by atoms with van der Waals surface area (Å²) in [6.07, 6.45) is 12.4. The first-order valence-corrected chi connectivity index (χ1v) is 11.2. The van der Waals surface area contributed by atoms with Crippen molar-refractivity contribution in [2.24, 2.45) is 0 Å². The molecule has 4 nitrogen and oxygen atoms in total. The average Bonchev–Trinajstić information content (AvgIpc) is 2.68. The molecule has 1 rings (SSSR count). The van der Waals surface area contributed by atoms with Gasteiger partial charge in [-0.05, 0) is 49.7 Å². The lowest BCUT2D eigenvalue weighted by Crippen LogP contribution is -2.07. The Labute approximate surface area is 171 Å². The van der Waals surface area contributed by atoms with Crippen molar-refractivity contribution < 1.29 is 20.1 Å². The van der Waals surface area contributed by atoms with Crippen molar-refractivity contribution in [3.8, 4) is 0 Å². The standard InChI is InChI=1S/C24H40O4/c1-2-3-4-5-6-7-15-21(25)16-10-8-13-20-14-9-11-17-22(20)23(26)18-12-19-24(27)28/h9,11,14,17,21,23,25-26H,2-8,10,12-13,15-16,18-19H2,1H3,(H,27,28). The maximum Gasteiger partial charge on any atom is 0.303 e. The van der Waals surface area contributed by atoms with E-state index in [9.17, 15) is 15.0 Å². The van der Waals surface area contributed by atoms with E-state index in [4.69, 9.17) is 5.11 Å². The van der Waals surface area contributed by atoms with Crippen molar-refractivity contribution in [2.75, 3.05) is 0 Å². The second kappa shape index (κ2) is 15.5. The second-order valence-corrected chi connectivity index (χ2v) is 7.96. The third-order valence-corrected chi connectivity index (χ3v) is 5.41. The van der Waals surface area contributed by atoms with Gasteiger partial charge in [-0.3, -0.25) is 4.79 Å². The molecule has 0 saturated carbocycles. The molecule has 0 bridgehead atoms. The van der Waals surface area contributed by atoms with Crippen LogP contribution in [0.1, 0.15) is 108 Å². The molecule has 0 amide bonds. The van der Waals surface area contributed by atoms with Crippen LogP contribution >= 0.6 is 0 Å². The first-order chi connectivity index (χ1) is 13.5. The molecule has 160 valence electrons. The fraction of sp³-hybridized carbons (Fsp3) is 0.708. The van der Waals surface area contributed by atoms with Gasteiger partial charge >= 0.3 is 5.97 Å². The molecule has 0 aliphatic heterocycles. The highest BCUT2D eigenvalue weighted by atomic mass is 16.4. The van der Waals surface area contributed by atoms with Crippen LogP contribution in [0.4, 0.5) is 0 Å². The van der Waals surface area contributed by atoms with Crippen LogP contribution in [0.5, 0.6) is 0 Å². The zero-order valence-corrected chi connectivity index (χ0v) is 17.6. The number of aliphatic carboxylic acids is 1. The molecule has 4 heteroatoms. The van der Waals surface area contributed by atoms with E-state index in [1.165, 1.54) is 32.1 Å². The quantitative estimate of drug-likeness (QED) is 0.293. The number of hydrogen-bond acceptors (Lipinski definition) is 3. The van der Waals surface area contributed by atoms with Crippen LogP contribution in [0.15, 0.2) is 24.3 Å². The highest BCUT2D eigenvalue weighted by molar-refractivity contribution is 5.66. The maximum atomic E-state index is 10.6. The third kappa shape index (κ3) is 11.5. The molecule has 2 atom stereocenters. The van der Waals surface area contributed by atoms with Gasteiger partial charge < -0.3 is 15.3 Å². The van der Waals surface area contributed by atoms with Gasteiger partial charge in [-0.15, -0.1) is 0 Å². The Morgan fingerprint density at radius 3 is 2.21 bits per heavy atom. The van der Waals surface area contributed by atoms with Crippen molar-refractivity contribution >= 4 is 5.97 Å². The van der Waals surface area contributed by atoms with Gasteiger partial charge in [0.1, 0.15) is 0 Å². The first-order valence-electron chi connectivity index (χ1n) is 11.2. The number of aliphatic hydroxyl groups is 2. The van der Waals surface area contributed by atoms with Crippen LogP contribution in [0.25, 0.3) is 0 Å². The molecule has 0 aliphatic carbocycles. The van der Waals surface area contributed by atoms with Crippen LogP contribution in [-0.4, -0.2) is 27.4 Å². The number of hydrogen-bond donors (Lipinski definition) is 3. The number of aryl methyl sites for hydroxylation is 1. The van der Waals surface area contributed by atoms with E-state index in [2.05, 4.69) is 6.92 Å². The van der Waals surface area contributed by atoms with Crippen LogP contribution in [-0.2, 0) is 11.2 Å². The summed E-state index contributed by atoms with van der Waals surface area (Å²) in [5.41, 5.74) is 2.05. The molecule has 0 saturated heterocycles. The molecular weight excluding hydrogens is 352 g/mol. The van der Waals surface area contributed by atoms with Gasteiger partial charge in [0.25, 0.3) is 0 Å². The Kier molecular flexibility index (Phi) is 13.7. The SMILES string of the molecule is CCCCCCCCC(O)CCCCc1ccccc1C(O)CCCC(=O)O. The van der Waals surface area contributed by atoms with Crippen LogP contribution < -0.4 is 0 Å². The molecule has 28 heavy (non-hydrogen) atoms. The van der Waals surface area contributed by atoms with Crippen LogP contribution in [0.2, 0.25) is 0 Å². The number of carboxylic acid groups (broad SMARTS) is 1. The molecule has 2 unspecified atom stereocenters. The first kappa shape index (κ1) is 24.6. The number of unbranched alkanes of at least 4 members (excludes halogenated alkanes) is 6. The Morgan fingerprint density at radius 1 is 0.857 bits per heavy atom. The number of carbonyl (C=O) groups is 1. The third-order valence-electron chi connectivity index (χ3n) is 5.41. The lowest BCUT2D eigenvalue weighted by atomic mass is 9.94. The maximum absolute atomic E-state index is 10.6. The van der Waals surface area contributed by atoms with E-state index in [1.54, 1.807) is 0 Å². The molecule has 3 N–H and O–H groups in total. The summed E-state index contributed by atoms with van der Waals surface area (Å²) in [6.45, 7) is 2.22.